The van der Waals surface area contributed by atoms with Gasteiger partial charge in [0.15, 0.2) is 11.7 Å². The van der Waals surface area contributed by atoms with Gasteiger partial charge in [0.2, 0.25) is 5.91 Å². The molecule has 0 radical (unpaired) electrons. The summed E-state index contributed by atoms with van der Waals surface area (Å²) in [4.78, 5) is 24.1. The number of hydrogen-bond donors (Lipinski definition) is 1. The molecule has 4 nitrogen and oxygen atoms in total. The molecule has 0 aliphatic heterocycles. The molecule has 0 fully saturated rings. The summed E-state index contributed by atoms with van der Waals surface area (Å²) in [6, 6.07) is 14.9. The Bertz CT molecular complexity index is 690. The van der Waals surface area contributed by atoms with E-state index in [1.54, 1.807) is 36.4 Å². The van der Waals surface area contributed by atoms with Gasteiger partial charge in [0.05, 0.1) is 6.07 Å². The zero-order valence-electron chi connectivity index (χ0n) is 10.9. The SMILES string of the molecule is N#CC(C(=O)Nc1ccccc1)C(=O)c1ccc(F)cc1. The third kappa shape index (κ3) is 3.51. The zero-order chi connectivity index (χ0) is 15.2. The lowest BCUT2D eigenvalue weighted by molar-refractivity contribution is -0.117. The van der Waals surface area contributed by atoms with Crippen LogP contribution in [0.4, 0.5) is 10.1 Å². The number of hydrogen-bond acceptors (Lipinski definition) is 3. The van der Waals surface area contributed by atoms with Crippen molar-refractivity contribution in [3.63, 3.8) is 0 Å². The smallest absolute Gasteiger partial charge is 0.249 e. The van der Waals surface area contributed by atoms with Crippen LogP contribution in [0.2, 0.25) is 0 Å². The minimum absolute atomic E-state index is 0.117. The maximum Gasteiger partial charge on any atom is 0.249 e. The summed E-state index contributed by atoms with van der Waals surface area (Å²) in [6.45, 7) is 0. The maximum absolute atomic E-state index is 12.8. The average molecular weight is 282 g/mol. The van der Waals surface area contributed by atoms with Crippen LogP contribution in [0.5, 0.6) is 0 Å². The first-order valence-electron chi connectivity index (χ1n) is 6.17. The molecule has 0 aliphatic rings. The minimum atomic E-state index is -1.48. The van der Waals surface area contributed by atoms with Crippen molar-refractivity contribution in [3.8, 4) is 6.07 Å². The number of amides is 1. The number of para-hydroxylation sites is 1. The number of carbonyl (C=O) groups is 2. The third-order valence-corrected chi connectivity index (χ3v) is 2.82. The monoisotopic (exact) mass is 282 g/mol. The van der Waals surface area contributed by atoms with Crippen LogP contribution in [-0.4, -0.2) is 11.7 Å². The van der Waals surface area contributed by atoms with E-state index in [-0.39, 0.29) is 5.56 Å². The second-order valence-electron chi connectivity index (χ2n) is 4.29. The lowest BCUT2D eigenvalue weighted by Crippen LogP contribution is -2.28. The van der Waals surface area contributed by atoms with Crippen molar-refractivity contribution in [2.75, 3.05) is 5.32 Å². The van der Waals surface area contributed by atoms with Crippen molar-refractivity contribution < 1.29 is 14.0 Å². The van der Waals surface area contributed by atoms with E-state index in [2.05, 4.69) is 5.32 Å². The molecular formula is C16H11FN2O2. The van der Waals surface area contributed by atoms with E-state index in [9.17, 15) is 14.0 Å². The van der Waals surface area contributed by atoms with Gasteiger partial charge in [0.1, 0.15) is 5.82 Å². The van der Waals surface area contributed by atoms with Crippen molar-refractivity contribution in [3.05, 3.63) is 66.0 Å². The quantitative estimate of drug-likeness (QED) is 0.692. The number of rotatable bonds is 4. The van der Waals surface area contributed by atoms with Crippen LogP contribution in [0.1, 0.15) is 10.4 Å². The highest BCUT2D eigenvalue weighted by atomic mass is 19.1. The number of benzene rings is 2. The predicted octanol–water partition coefficient (Wildman–Crippen LogP) is 2.79. The minimum Gasteiger partial charge on any atom is -0.325 e. The van der Waals surface area contributed by atoms with Crippen LogP contribution in [0, 0.1) is 23.1 Å². The predicted molar refractivity (Wildman–Crippen MR) is 74.9 cm³/mol. The Labute approximate surface area is 120 Å². The van der Waals surface area contributed by atoms with E-state index in [0.29, 0.717) is 5.69 Å². The van der Waals surface area contributed by atoms with Crippen molar-refractivity contribution in [1.82, 2.24) is 0 Å². The number of anilines is 1. The molecule has 2 rings (SSSR count). The summed E-state index contributed by atoms with van der Waals surface area (Å²) < 4.78 is 12.8. The summed E-state index contributed by atoms with van der Waals surface area (Å²) in [6.07, 6.45) is 0. The Morgan fingerprint density at radius 1 is 1.05 bits per heavy atom. The van der Waals surface area contributed by atoms with E-state index in [1.165, 1.54) is 12.1 Å². The molecule has 0 aliphatic carbocycles. The first kappa shape index (κ1) is 14.4. The molecule has 1 unspecified atom stereocenters. The summed E-state index contributed by atoms with van der Waals surface area (Å²) in [5.74, 6) is -3.34. The average Bonchev–Trinajstić information content (AvgIpc) is 2.49. The Morgan fingerprint density at radius 3 is 2.24 bits per heavy atom. The van der Waals surface area contributed by atoms with Crippen molar-refractivity contribution in [2.45, 2.75) is 0 Å². The van der Waals surface area contributed by atoms with Gasteiger partial charge >= 0.3 is 0 Å². The van der Waals surface area contributed by atoms with E-state index < -0.39 is 23.4 Å². The summed E-state index contributed by atoms with van der Waals surface area (Å²) in [5.41, 5.74) is 0.612. The Kier molecular flexibility index (Phi) is 4.42. The molecule has 0 spiro atoms. The van der Waals surface area contributed by atoms with E-state index in [0.717, 1.165) is 12.1 Å². The zero-order valence-corrected chi connectivity index (χ0v) is 10.9. The van der Waals surface area contributed by atoms with Crippen molar-refractivity contribution in [2.24, 2.45) is 5.92 Å². The van der Waals surface area contributed by atoms with Gasteiger partial charge in [-0.2, -0.15) is 5.26 Å². The topological polar surface area (TPSA) is 70.0 Å². The second kappa shape index (κ2) is 6.44. The fourth-order valence-corrected chi connectivity index (χ4v) is 1.75. The van der Waals surface area contributed by atoms with E-state index in [4.69, 9.17) is 5.26 Å². The molecule has 0 aromatic heterocycles. The van der Waals surface area contributed by atoms with Crippen LogP contribution in [0.3, 0.4) is 0 Å². The standard InChI is InChI=1S/C16H11FN2O2/c17-12-8-6-11(7-9-12)15(20)14(10-18)16(21)19-13-4-2-1-3-5-13/h1-9,14H,(H,19,21). The molecule has 0 saturated carbocycles. The molecule has 0 heterocycles. The van der Waals surface area contributed by atoms with Crippen LogP contribution < -0.4 is 5.32 Å². The Morgan fingerprint density at radius 2 is 1.67 bits per heavy atom. The van der Waals surface area contributed by atoms with Gasteiger partial charge in [-0.15, -0.1) is 0 Å². The Hall–Kier alpha value is -3.00. The highest BCUT2D eigenvalue weighted by molar-refractivity contribution is 6.15. The number of halogens is 1. The maximum atomic E-state index is 12.8. The summed E-state index contributed by atoms with van der Waals surface area (Å²) >= 11 is 0. The molecule has 104 valence electrons. The molecule has 2 aromatic carbocycles. The number of nitrogens with one attached hydrogen (secondary N) is 1. The summed E-state index contributed by atoms with van der Waals surface area (Å²) in [7, 11) is 0. The third-order valence-electron chi connectivity index (χ3n) is 2.82. The summed E-state index contributed by atoms with van der Waals surface area (Å²) in [5, 5.41) is 11.6. The lowest BCUT2D eigenvalue weighted by atomic mass is 9.98. The normalized spacial score (nSPS) is 11.2. The molecule has 0 saturated heterocycles. The van der Waals surface area contributed by atoms with E-state index >= 15 is 0 Å². The molecule has 21 heavy (non-hydrogen) atoms. The van der Waals surface area contributed by atoms with Crippen molar-refractivity contribution in [1.29, 1.82) is 5.26 Å². The molecule has 1 atom stereocenters. The van der Waals surface area contributed by atoms with E-state index in [1.807, 2.05) is 0 Å². The van der Waals surface area contributed by atoms with Crippen LogP contribution in [0.15, 0.2) is 54.6 Å². The number of carbonyl (C=O) groups excluding carboxylic acids is 2. The molecule has 1 amide bonds. The van der Waals surface area contributed by atoms with Gasteiger partial charge in [0.25, 0.3) is 0 Å². The molecule has 5 heteroatoms. The number of Topliss-reactive ketones (excluding diaryl/α,β-unsaturated/α-hetero) is 1. The first-order valence-corrected chi connectivity index (χ1v) is 6.17. The highest BCUT2D eigenvalue weighted by Gasteiger charge is 2.27. The number of nitrogens with zero attached hydrogens (tertiary/aromatic N) is 1. The van der Waals surface area contributed by atoms with Gasteiger partial charge in [-0.05, 0) is 36.4 Å². The number of ketones is 1. The second-order valence-corrected chi connectivity index (χ2v) is 4.29. The molecule has 2 aromatic rings. The van der Waals surface area contributed by atoms with Crippen LogP contribution >= 0.6 is 0 Å². The first-order chi connectivity index (χ1) is 10.1. The van der Waals surface area contributed by atoms with Gasteiger partial charge < -0.3 is 5.32 Å². The fourth-order valence-electron chi connectivity index (χ4n) is 1.75. The lowest BCUT2D eigenvalue weighted by Gasteiger charge is -2.09. The molecule has 0 bridgehead atoms. The number of nitriles is 1. The molecular weight excluding hydrogens is 271 g/mol. The Balaban J connectivity index is 2.15. The van der Waals surface area contributed by atoms with Gasteiger partial charge in [-0.25, -0.2) is 4.39 Å². The fraction of sp³-hybridized carbons (Fsp3) is 0.0625. The van der Waals surface area contributed by atoms with Gasteiger partial charge in [-0.3, -0.25) is 9.59 Å². The largest absolute Gasteiger partial charge is 0.325 e. The van der Waals surface area contributed by atoms with Gasteiger partial charge in [0, 0.05) is 11.3 Å². The van der Waals surface area contributed by atoms with Gasteiger partial charge in [-0.1, -0.05) is 18.2 Å². The van der Waals surface area contributed by atoms with Crippen LogP contribution in [-0.2, 0) is 4.79 Å². The van der Waals surface area contributed by atoms with Crippen LogP contribution in [0.25, 0.3) is 0 Å². The van der Waals surface area contributed by atoms with Crippen molar-refractivity contribution >= 4 is 17.4 Å². The highest BCUT2D eigenvalue weighted by Crippen LogP contribution is 2.13. The molecule has 1 N–H and O–H groups in total.